The number of aromatic carboxylic acids is 1. The minimum absolute atomic E-state index is 0.0328. The summed E-state index contributed by atoms with van der Waals surface area (Å²) >= 11 is 0. The van der Waals surface area contributed by atoms with Gasteiger partial charge in [-0.05, 0) is 43.4 Å². The van der Waals surface area contributed by atoms with E-state index in [0.29, 0.717) is 12.8 Å². The molecule has 2 rings (SSSR count). The van der Waals surface area contributed by atoms with E-state index >= 15 is 0 Å². The highest BCUT2D eigenvalue weighted by atomic mass is 19.4. The number of rotatable bonds is 4. The second-order valence-electron chi connectivity index (χ2n) is 5.92. The van der Waals surface area contributed by atoms with Crippen molar-refractivity contribution < 1.29 is 27.9 Å². The highest BCUT2D eigenvalue weighted by molar-refractivity contribution is 5.87. The lowest BCUT2D eigenvalue weighted by Gasteiger charge is -2.30. The Balaban J connectivity index is 1.73. The lowest BCUT2D eigenvalue weighted by molar-refractivity contribution is -0.182. The minimum Gasteiger partial charge on any atom is -0.478 e. The van der Waals surface area contributed by atoms with Crippen molar-refractivity contribution >= 4 is 12.0 Å². The molecule has 24 heavy (non-hydrogen) atoms. The van der Waals surface area contributed by atoms with Gasteiger partial charge in [0.1, 0.15) is 0 Å². The molecule has 0 saturated heterocycles. The molecule has 0 bridgehead atoms. The van der Waals surface area contributed by atoms with Crippen LogP contribution in [0.25, 0.3) is 0 Å². The molecule has 1 aliphatic carbocycles. The number of halogens is 3. The smallest absolute Gasteiger partial charge is 0.391 e. The Hall–Kier alpha value is -2.25. The van der Waals surface area contributed by atoms with Gasteiger partial charge in [-0.15, -0.1) is 0 Å². The third kappa shape index (κ3) is 5.14. The molecule has 0 aromatic heterocycles. The zero-order valence-electron chi connectivity index (χ0n) is 12.9. The van der Waals surface area contributed by atoms with Gasteiger partial charge in [0.05, 0.1) is 11.5 Å². The zero-order valence-corrected chi connectivity index (χ0v) is 12.9. The Bertz CT molecular complexity index is 579. The summed E-state index contributed by atoms with van der Waals surface area (Å²) in [7, 11) is 0. The van der Waals surface area contributed by atoms with Crippen LogP contribution in [0.5, 0.6) is 0 Å². The fraction of sp³-hybridized carbons (Fsp3) is 0.500. The molecule has 8 heteroatoms. The Morgan fingerprint density at radius 1 is 1.08 bits per heavy atom. The van der Waals surface area contributed by atoms with Crippen LogP contribution < -0.4 is 10.6 Å². The standard InChI is InChI=1S/C16H19F3N2O3/c17-16(18,19)12-5-7-13(8-6-12)21-15(24)20-9-10-1-3-11(4-2-10)14(22)23/h1-4,12-13H,5-9H2,(H,22,23)(H2,20,21,24). The molecule has 1 aliphatic rings. The molecule has 0 unspecified atom stereocenters. The maximum Gasteiger partial charge on any atom is 0.391 e. The monoisotopic (exact) mass is 344 g/mol. The molecule has 1 fully saturated rings. The van der Waals surface area contributed by atoms with Crippen molar-refractivity contribution in [2.45, 2.75) is 44.4 Å². The van der Waals surface area contributed by atoms with E-state index in [2.05, 4.69) is 10.6 Å². The number of carboxylic acid groups (broad SMARTS) is 1. The number of urea groups is 1. The molecule has 2 amide bonds. The third-order valence-corrected chi connectivity index (χ3v) is 4.18. The second-order valence-corrected chi connectivity index (χ2v) is 5.92. The zero-order chi connectivity index (χ0) is 17.7. The van der Waals surface area contributed by atoms with Crippen molar-refractivity contribution in [3.8, 4) is 0 Å². The maximum atomic E-state index is 12.6. The topological polar surface area (TPSA) is 78.4 Å². The molecule has 5 nitrogen and oxygen atoms in total. The van der Waals surface area contributed by atoms with E-state index in [1.54, 1.807) is 12.1 Å². The molecule has 0 aliphatic heterocycles. The average Bonchev–Trinajstić information content (AvgIpc) is 2.53. The van der Waals surface area contributed by atoms with Gasteiger partial charge in [0.15, 0.2) is 0 Å². The lowest BCUT2D eigenvalue weighted by Crippen LogP contribution is -2.44. The van der Waals surface area contributed by atoms with Gasteiger partial charge in [0, 0.05) is 12.6 Å². The van der Waals surface area contributed by atoms with Gasteiger partial charge >= 0.3 is 18.2 Å². The van der Waals surface area contributed by atoms with E-state index in [1.165, 1.54) is 12.1 Å². The van der Waals surface area contributed by atoms with Gasteiger partial charge in [-0.1, -0.05) is 12.1 Å². The summed E-state index contributed by atoms with van der Waals surface area (Å²) in [5.41, 5.74) is 0.889. The number of hydrogen-bond donors (Lipinski definition) is 3. The summed E-state index contributed by atoms with van der Waals surface area (Å²) in [5, 5.41) is 14.1. The summed E-state index contributed by atoms with van der Waals surface area (Å²) in [5.74, 6) is -2.30. The van der Waals surface area contributed by atoms with Gasteiger partial charge in [-0.3, -0.25) is 0 Å². The molecular formula is C16H19F3N2O3. The van der Waals surface area contributed by atoms with Crippen molar-refractivity contribution in [2.24, 2.45) is 5.92 Å². The van der Waals surface area contributed by atoms with E-state index < -0.39 is 24.1 Å². The largest absolute Gasteiger partial charge is 0.478 e. The van der Waals surface area contributed by atoms with E-state index in [9.17, 15) is 22.8 Å². The fourth-order valence-corrected chi connectivity index (χ4v) is 2.75. The number of carboxylic acids is 1. The number of carbonyl (C=O) groups is 2. The van der Waals surface area contributed by atoms with Crippen LogP contribution in [0.2, 0.25) is 0 Å². The van der Waals surface area contributed by atoms with Crippen molar-refractivity contribution in [1.29, 1.82) is 0 Å². The van der Waals surface area contributed by atoms with Gasteiger partial charge in [0.25, 0.3) is 0 Å². The maximum absolute atomic E-state index is 12.6. The van der Waals surface area contributed by atoms with Gasteiger partial charge < -0.3 is 15.7 Å². The summed E-state index contributed by atoms with van der Waals surface area (Å²) in [6.07, 6.45) is -3.47. The van der Waals surface area contributed by atoms with E-state index in [4.69, 9.17) is 5.11 Å². The molecule has 1 aromatic carbocycles. The number of nitrogens with one attached hydrogen (secondary N) is 2. The quantitative estimate of drug-likeness (QED) is 0.784. The Morgan fingerprint density at radius 3 is 2.17 bits per heavy atom. The normalized spacial score (nSPS) is 21.1. The summed E-state index contributed by atoms with van der Waals surface area (Å²) in [6.45, 7) is 0.212. The number of hydrogen-bond acceptors (Lipinski definition) is 2. The molecule has 132 valence electrons. The van der Waals surface area contributed by atoms with Gasteiger partial charge in [0.2, 0.25) is 0 Å². The molecule has 1 saturated carbocycles. The molecular weight excluding hydrogens is 325 g/mol. The second kappa shape index (κ2) is 7.55. The van der Waals surface area contributed by atoms with Crippen molar-refractivity contribution in [2.75, 3.05) is 0 Å². The summed E-state index contributed by atoms with van der Waals surface area (Å²) < 4.78 is 37.7. The Labute approximate surface area is 137 Å². The molecule has 0 radical (unpaired) electrons. The predicted molar refractivity (Wildman–Crippen MR) is 80.6 cm³/mol. The van der Waals surface area contributed by atoms with Crippen LogP contribution in [0.15, 0.2) is 24.3 Å². The molecule has 3 N–H and O–H groups in total. The van der Waals surface area contributed by atoms with Crippen LogP contribution in [-0.2, 0) is 6.54 Å². The molecule has 0 heterocycles. The number of amides is 2. The van der Waals surface area contributed by atoms with Crippen LogP contribution in [-0.4, -0.2) is 29.3 Å². The Morgan fingerprint density at radius 2 is 1.67 bits per heavy atom. The highest BCUT2D eigenvalue weighted by Crippen LogP contribution is 2.37. The number of carbonyl (C=O) groups excluding carboxylic acids is 1. The van der Waals surface area contributed by atoms with E-state index in [-0.39, 0.29) is 31.0 Å². The van der Waals surface area contributed by atoms with Crippen LogP contribution in [0.1, 0.15) is 41.6 Å². The van der Waals surface area contributed by atoms with Gasteiger partial charge in [-0.2, -0.15) is 13.2 Å². The summed E-state index contributed by atoms with van der Waals surface area (Å²) in [6, 6.07) is 5.38. The van der Waals surface area contributed by atoms with Crippen LogP contribution in [0, 0.1) is 5.92 Å². The minimum atomic E-state index is -4.16. The SMILES string of the molecule is O=C(NCc1ccc(C(=O)O)cc1)NC1CCC(C(F)(F)F)CC1. The van der Waals surface area contributed by atoms with Crippen LogP contribution in [0.3, 0.4) is 0 Å². The van der Waals surface area contributed by atoms with E-state index in [0.717, 1.165) is 5.56 Å². The first kappa shape index (κ1) is 18.1. The summed E-state index contributed by atoms with van der Waals surface area (Å²) in [4.78, 5) is 22.5. The van der Waals surface area contributed by atoms with Crippen LogP contribution in [0.4, 0.5) is 18.0 Å². The molecule has 0 atom stereocenters. The van der Waals surface area contributed by atoms with E-state index in [1.807, 2.05) is 0 Å². The Kier molecular flexibility index (Phi) is 5.69. The first-order valence-electron chi connectivity index (χ1n) is 7.69. The van der Waals surface area contributed by atoms with Crippen molar-refractivity contribution in [3.63, 3.8) is 0 Å². The lowest BCUT2D eigenvalue weighted by atomic mass is 9.86. The molecule has 0 spiro atoms. The molecule has 1 aromatic rings. The first-order chi connectivity index (χ1) is 11.3. The predicted octanol–water partition coefficient (Wildman–Crippen LogP) is 3.31. The first-order valence-corrected chi connectivity index (χ1v) is 7.69. The van der Waals surface area contributed by atoms with Gasteiger partial charge in [-0.25, -0.2) is 9.59 Å². The average molecular weight is 344 g/mol. The fourth-order valence-electron chi connectivity index (χ4n) is 2.75. The number of alkyl halides is 3. The van der Waals surface area contributed by atoms with Crippen molar-refractivity contribution in [1.82, 2.24) is 10.6 Å². The number of benzene rings is 1. The van der Waals surface area contributed by atoms with Crippen LogP contribution >= 0.6 is 0 Å². The third-order valence-electron chi connectivity index (χ3n) is 4.18. The van der Waals surface area contributed by atoms with Crippen molar-refractivity contribution in [3.05, 3.63) is 35.4 Å². The highest BCUT2D eigenvalue weighted by Gasteiger charge is 2.41.